The second-order valence-electron chi connectivity index (χ2n) is 6.28. The molecule has 0 bridgehead atoms. The minimum Gasteiger partial charge on any atom is -0.338 e. The molecule has 0 atom stereocenters. The monoisotopic (exact) mass is 352 g/mol. The molecule has 23 heavy (non-hydrogen) atoms. The zero-order chi connectivity index (χ0) is 16.7. The Balaban J connectivity index is 1.89. The molecule has 1 saturated heterocycles. The van der Waals surface area contributed by atoms with Crippen LogP contribution in [0.1, 0.15) is 46.5 Å². The number of nitrogens with zero attached hydrogens (tertiary/aromatic N) is 4. The Morgan fingerprint density at radius 1 is 1.22 bits per heavy atom. The quantitative estimate of drug-likeness (QED) is 0.826. The minimum atomic E-state index is 0.0887. The largest absolute Gasteiger partial charge is 0.338 e. The maximum atomic E-state index is 12.8. The van der Waals surface area contributed by atoms with Crippen molar-refractivity contribution in [2.75, 3.05) is 13.1 Å². The molecule has 0 unspecified atom stereocenters. The van der Waals surface area contributed by atoms with Crippen LogP contribution in [0.25, 0.3) is 5.13 Å². The van der Waals surface area contributed by atoms with E-state index in [9.17, 15) is 4.79 Å². The Morgan fingerprint density at radius 3 is 2.43 bits per heavy atom. The molecular weight excluding hydrogens is 332 g/mol. The molecule has 7 heteroatoms. The highest BCUT2D eigenvalue weighted by Crippen LogP contribution is 2.28. The first kappa shape index (κ1) is 16.5. The van der Waals surface area contributed by atoms with Crippen LogP contribution in [0.15, 0.2) is 0 Å². The predicted molar refractivity (Wildman–Crippen MR) is 92.8 cm³/mol. The number of carbonyl (C=O) groups excluding carboxylic acids is 1. The summed E-state index contributed by atoms with van der Waals surface area (Å²) in [5, 5.41) is 5.77. The number of rotatable bonds is 2. The number of piperidine rings is 1. The van der Waals surface area contributed by atoms with E-state index in [0.29, 0.717) is 20.9 Å². The second kappa shape index (κ2) is 6.24. The Kier molecular flexibility index (Phi) is 4.47. The Morgan fingerprint density at radius 2 is 1.87 bits per heavy atom. The number of aryl methyl sites for hydroxylation is 2. The van der Waals surface area contributed by atoms with E-state index < -0.39 is 0 Å². The molecule has 0 aliphatic carbocycles. The van der Waals surface area contributed by atoms with Crippen LogP contribution in [-0.2, 0) is 0 Å². The number of carbonyl (C=O) groups is 1. The first-order chi connectivity index (χ1) is 10.9. The third kappa shape index (κ3) is 3.02. The van der Waals surface area contributed by atoms with E-state index in [1.165, 1.54) is 11.3 Å². The molecule has 0 radical (unpaired) electrons. The number of amides is 1. The summed E-state index contributed by atoms with van der Waals surface area (Å²) in [6, 6.07) is 0. The summed E-state index contributed by atoms with van der Waals surface area (Å²) in [6.45, 7) is 9.56. The molecule has 0 aromatic carbocycles. The number of halogens is 1. The lowest BCUT2D eigenvalue weighted by Crippen LogP contribution is -2.37. The van der Waals surface area contributed by atoms with Gasteiger partial charge >= 0.3 is 0 Å². The van der Waals surface area contributed by atoms with Crippen LogP contribution < -0.4 is 0 Å². The summed E-state index contributed by atoms with van der Waals surface area (Å²) in [5.41, 5.74) is 2.39. The molecule has 0 spiro atoms. The van der Waals surface area contributed by atoms with Gasteiger partial charge in [-0.3, -0.25) is 4.79 Å². The standard InChI is InChI=1S/C16H21ClN4OS/c1-9-5-7-20(8-6-9)15(22)14-11(3)18-16(23-14)21-12(4)13(17)10(2)19-21/h9H,5-8H2,1-4H3. The second-order valence-corrected chi connectivity index (χ2v) is 7.64. The highest BCUT2D eigenvalue weighted by Gasteiger charge is 2.26. The lowest BCUT2D eigenvalue weighted by Gasteiger charge is -2.29. The summed E-state index contributed by atoms with van der Waals surface area (Å²) < 4.78 is 1.73. The number of aromatic nitrogens is 3. The van der Waals surface area contributed by atoms with Crippen molar-refractivity contribution in [2.24, 2.45) is 5.92 Å². The van der Waals surface area contributed by atoms with Gasteiger partial charge in [0.15, 0.2) is 0 Å². The van der Waals surface area contributed by atoms with E-state index in [-0.39, 0.29) is 5.91 Å². The van der Waals surface area contributed by atoms with E-state index in [1.807, 2.05) is 25.7 Å². The fourth-order valence-corrected chi connectivity index (χ4v) is 3.99. The molecule has 2 aromatic rings. The first-order valence-corrected chi connectivity index (χ1v) is 9.06. The third-order valence-electron chi connectivity index (χ3n) is 4.43. The van der Waals surface area contributed by atoms with Crippen molar-refractivity contribution in [1.82, 2.24) is 19.7 Å². The average molecular weight is 353 g/mol. The molecule has 3 heterocycles. The summed E-state index contributed by atoms with van der Waals surface area (Å²) in [5.74, 6) is 0.791. The number of hydrogen-bond donors (Lipinski definition) is 0. The van der Waals surface area contributed by atoms with Crippen LogP contribution in [0.2, 0.25) is 5.02 Å². The molecule has 1 amide bonds. The fourth-order valence-electron chi connectivity index (χ4n) is 2.84. The van der Waals surface area contributed by atoms with Crippen molar-refractivity contribution in [3.8, 4) is 5.13 Å². The van der Waals surface area contributed by atoms with Crippen molar-refractivity contribution in [2.45, 2.75) is 40.5 Å². The molecule has 0 N–H and O–H groups in total. The minimum absolute atomic E-state index is 0.0887. The Labute approximate surface area is 145 Å². The summed E-state index contributed by atoms with van der Waals surface area (Å²) in [4.78, 5) is 20.0. The maximum absolute atomic E-state index is 12.8. The maximum Gasteiger partial charge on any atom is 0.265 e. The molecule has 0 saturated carbocycles. The third-order valence-corrected chi connectivity index (χ3v) is 6.10. The Hall–Kier alpha value is -1.40. The van der Waals surface area contributed by atoms with Gasteiger partial charge in [-0.15, -0.1) is 0 Å². The first-order valence-electron chi connectivity index (χ1n) is 7.87. The Bertz CT molecular complexity index is 744. The molecule has 1 aliphatic rings. The molecular formula is C16H21ClN4OS. The zero-order valence-electron chi connectivity index (χ0n) is 13.9. The van der Waals surface area contributed by atoms with Gasteiger partial charge in [-0.25, -0.2) is 9.67 Å². The highest BCUT2D eigenvalue weighted by molar-refractivity contribution is 7.16. The van der Waals surface area contributed by atoms with Crippen LogP contribution in [0.3, 0.4) is 0 Å². The van der Waals surface area contributed by atoms with Crippen molar-refractivity contribution in [1.29, 1.82) is 0 Å². The molecule has 1 aliphatic heterocycles. The van der Waals surface area contributed by atoms with E-state index in [2.05, 4.69) is 17.0 Å². The average Bonchev–Trinajstić information content (AvgIpc) is 3.03. The van der Waals surface area contributed by atoms with Crippen LogP contribution >= 0.6 is 22.9 Å². The van der Waals surface area contributed by atoms with Crippen molar-refractivity contribution >= 4 is 28.8 Å². The summed E-state index contributed by atoms with van der Waals surface area (Å²) in [7, 11) is 0. The van der Waals surface area contributed by atoms with Crippen LogP contribution in [-0.4, -0.2) is 38.7 Å². The molecule has 1 fully saturated rings. The van der Waals surface area contributed by atoms with Gasteiger partial charge in [-0.1, -0.05) is 29.9 Å². The number of likely N-dealkylation sites (tertiary alicyclic amines) is 1. The number of thiazole rings is 1. The molecule has 3 rings (SSSR count). The van der Waals surface area contributed by atoms with Gasteiger partial charge in [-0.05, 0) is 39.5 Å². The van der Waals surface area contributed by atoms with Gasteiger partial charge in [-0.2, -0.15) is 5.10 Å². The smallest absolute Gasteiger partial charge is 0.265 e. The highest BCUT2D eigenvalue weighted by atomic mass is 35.5. The lowest BCUT2D eigenvalue weighted by molar-refractivity contribution is 0.0701. The van der Waals surface area contributed by atoms with Crippen molar-refractivity contribution < 1.29 is 4.79 Å². The van der Waals surface area contributed by atoms with E-state index in [4.69, 9.17) is 11.6 Å². The van der Waals surface area contributed by atoms with Crippen LogP contribution in [0.5, 0.6) is 0 Å². The van der Waals surface area contributed by atoms with E-state index in [0.717, 1.165) is 43.0 Å². The lowest BCUT2D eigenvalue weighted by atomic mass is 9.99. The fraction of sp³-hybridized carbons (Fsp3) is 0.562. The topological polar surface area (TPSA) is 51.0 Å². The summed E-state index contributed by atoms with van der Waals surface area (Å²) >= 11 is 7.60. The number of hydrogen-bond acceptors (Lipinski definition) is 4. The van der Waals surface area contributed by atoms with Gasteiger partial charge in [0, 0.05) is 13.1 Å². The van der Waals surface area contributed by atoms with Crippen molar-refractivity contribution in [3.63, 3.8) is 0 Å². The van der Waals surface area contributed by atoms with E-state index >= 15 is 0 Å². The van der Waals surface area contributed by atoms with Crippen molar-refractivity contribution in [3.05, 3.63) is 27.0 Å². The van der Waals surface area contributed by atoms with Gasteiger partial charge in [0.25, 0.3) is 5.91 Å². The van der Waals surface area contributed by atoms with Gasteiger partial charge in [0.05, 0.1) is 22.1 Å². The summed E-state index contributed by atoms with van der Waals surface area (Å²) in [6.07, 6.45) is 2.15. The molecule has 2 aromatic heterocycles. The van der Waals surface area contributed by atoms with Gasteiger partial charge in [0.2, 0.25) is 5.13 Å². The molecule has 5 nitrogen and oxygen atoms in total. The van der Waals surface area contributed by atoms with Crippen LogP contribution in [0, 0.1) is 26.7 Å². The zero-order valence-corrected chi connectivity index (χ0v) is 15.5. The predicted octanol–water partition coefficient (Wildman–Crippen LogP) is 3.78. The normalized spacial score (nSPS) is 16.1. The van der Waals surface area contributed by atoms with Crippen LogP contribution in [0.4, 0.5) is 0 Å². The van der Waals surface area contributed by atoms with Gasteiger partial charge in [0.1, 0.15) is 4.88 Å². The SMILES string of the molecule is Cc1nc(-n2nc(C)c(Cl)c2C)sc1C(=O)N1CCC(C)CC1. The van der Waals surface area contributed by atoms with Gasteiger partial charge < -0.3 is 4.90 Å². The molecule has 124 valence electrons. The van der Waals surface area contributed by atoms with E-state index in [1.54, 1.807) is 4.68 Å².